The molecule has 2 aromatic carbocycles. The summed E-state index contributed by atoms with van der Waals surface area (Å²) in [5.41, 5.74) is 3.03. The summed E-state index contributed by atoms with van der Waals surface area (Å²) in [5, 5.41) is 10.6. The van der Waals surface area contributed by atoms with E-state index in [0.29, 0.717) is 23.9 Å². The molecular weight excluding hydrogens is 512 g/mol. The first-order chi connectivity index (χ1) is 19.5. The average Bonchev–Trinajstić information content (AvgIpc) is 3.60. The lowest BCUT2D eigenvalue weighted by Crippen LogP contribution is -2.38. The number of cyclic esters (lactones) is 1. The fraction of sp³-hybridized carbons (Fsp3) is 0.581. The molecule has 1 aliphatic carbocycles. The Labute approximate surface area is 235 Å². The van der Waals surface area contributed by atoms with E-state index in [1.807, 2.05) is 6.07 Å². The maximum absolute atomic E-state index is 13.4. The Bertz CT molecular complexity index is 1220. The number of phenolic OH excluding ortho intramolecular Hbond substituents is 1. The molecule has 0 amide bonds. The minimum atomic E-state index is -0.365. The molecule has 9 nitrogen and oxygen atoms in total. The SMILES string of the molecule is COc1cc([C@@H]2c3cc4c(cc3[C@@H](CCN(C)CCN3CCCCC3)C3COC(=O)[C@@H]32)OCO4)cc(OC)c1O. The molecule has 1 N–H and O–H groups in total. The Morgan fingerprint density at radius 1 is 0.950 bits per heavy atom. The second kappa shape index (κ2) is 11.4. The normalized spacial score (nSPS) is 25.4. The lowest BCUT2D eigenvalue weighted by molar-refractivity contribution is -0.141. The molecule has 0 aromatic heterocycles. The van der Waals surface area contributed by atoms with Gasteiger partial charge in [-0.25, -0.2) is 0 Å². The van der Waals surface area contributed by atoms with Gasteiger partial charge in [0.15, 0.2) is 23.0 Å². The molecule has 4 aliphatic rings. The van der Waals surface area contributed by atoms with Crippen molar-refractivity contribution in [2.75, 3.05) is 67.4 Å². The van der Waals surface area contributed by atoms with E-state index in [9.17, 15) is 9.90 Å². The molecule has 9 heteroatoms. The first-order valence-electron chi connectivity index (χ1n) is 14.4. The summed E-state index contributed by atoms with van der Waals surface area (Å²) in [6.07, 6.45) is 4.86. The number of esters is 1. The topological polar surface area (TPSA) is 89.9 Å². The Kier molecular flexibility index (Phi) is 7.68. The largest absolute Gasteiger partial charge is 0.502 e. The smallest absolute Gasteiger partial charge is 0.310 e. The first-order valence-corrected chi connectivity index (χ1v) is 14.4. The van der Waals surface area contributed by atoms with Gasteiger partial charge in [-0.3, -0.25) is 4.79 Å². The van der Waals surface area contributed by atoms with Gasteiger partial charge < -0.3 is 38.6 Å². The van der Waals surface area contributed by atoms with Crippen LogP contribution in [0, 0.1) is 11.8 Å². The number of hydrogen-bond donors (Lipinski definition) is 1. The number of hydrogen-bond acceptors (Lipinski definition) is 9. The Morgan fingerprint density at radius 3 is 2.30 bits per heavy atom. The van der Waals surface area contributed by atoms with Gasteiger partial charge in [0.2, 0.25) is 12.5 Å². The third-order valence-electron chi connectivity index (χ3n) is 9.27. The molecule has 3 heterocycles. The van der Waals surface area contributed by atoms with Gasteiger partial charge in [-0.15, -0.1) is 0 Å². The van der Waals surface area contributed by atoms with Crippen LogP contribution in [0.25, 0.3) is 0 Å². The van der Waals surface area contributed by atoms with Crippen LogP contribution in [0.5, 0.6) is 28.7 Å². The quantitative estimate of drug-likeness (QED) is 0.464. The minimum Gasteiger partial charge on any atom is -0.502 e. The zero-order valence-electron chi connectivity index (χ0n) is 23.7. The lowest BCUT2D eigenvalue weighted by Gasteiger charge is -2.40. The number of phenols is 1. The van der Waals surface area contributed by atoms with Crippen LogP contribution in [0.4, 0.5) is 0 Å². The summed E-state index contributed by atoms with van der Waals surface area (Å²) in [6, 6.07) is 7.74. The number of benzene rings is 2. The van der Waals surface area contributed by atoms with Crippen molar-refractivity contribution in [2.24, 2.45) is 11.8 Å². The van der Waals surface area contributed by atoms with Gasteiger partial charge >= 0.3 is 5.97 Å². The zero-order valence-corrected chi connectivity index (χ0v) is 23.7. The van der Waals surface area contributed by atoms with Crippen LogP contribution in [0.3, 0.4) is 0 Å². The summed E-state index contributed by atoms with van der Waals surface area (Å²) in [5.74, 6) is 1.26. The van der Waals surface area contributed by atoms with Gasteiger partial charge in [-0.05, 0) is 92.8 Å². The summed E-state index contributed by atoms with van der Waals surface area (Å²) in [7, 11) is 5.21. The third-order valence-corrected chi connectivity index (χ3v) is 9.27. The highest BCUT2D eigenvalue weighted by Gasteiger charge is 2.52. The number of fused-ring (bicyclic) bond motifs is 3. The second-order valence-corrected chi connectivity index (χ2v) is 11.5. The summed E-state index contributed by atoms with van der Waals surface area (Å²) in [4.78, 5) is 18.3. The Morgan fingerprint density at radius 2 is 1.62 bits per heavy atom. The van der Waals surface area contributed by atoms with E-state index in [2.05, 4.69) is 22.9 Å². The van der Waals surface area contributed by atoms with Crippen LogP contribution in [0.2, 0.25) is 0 Å². The molecule has 0 radical (unpaired) electrons. The van der Waals surface area contributed by atoms with E-state index in [-0.39, 0.29) is 42.2 Å². The van der Waals surface area contributed by atoms with E-state index >= 15 is 0 Å². The van der Waals surface area contributed by atoms with Crippen molar-refractivity contribution in [3.63, 3.8) is 0 Å². The fourth-order valence-corrected chi connectivity index (χ4v) is 7.11. The number of piperidine rings is 1. The highest BCUT2D eigenvalue weighted by Crippen LogP contribution is 2.56. The Hall–Kier alpha value is -3.17. The van der Waals surface area contributed by atoms with Crippen molar-refractivity contribution >= 4 is 5.97 Å². The lowest BCUT2D eigenvalue weighted by atomic mass is 9.62. The number of carbonyl (C=O) groups excluding carboxylic acids is 1. The second-order valence-electron chi connectivity index (χ2n) is 11.5. The standard InChI is InChI=1S/C31H40N2O7/c1-32(11-12-33-8-5-4-6-9-33)10-7-20-21-15-24-25(40-18-39-24)16-22(21)28(29-23(20)17-38-31(29)35)19-13-26(36-2)30(34)27(14-19)37-3/h13-16,20,23,28-29,34H,4-12,17-18H2,1-3H3/t20-,23?,28-,29+/m1/s1. The summed E-state index contributed by atoms with van der Waals surface area (Å²) in [6.45, 7) is 6.03. The van der Waals surface area contributed by atoms with Crippen LogP contribution in [-0.2, 0) is 9.53 Å². The van der Waals surface area contributed by atoms with E-state index in [4.69, 9.17) is 23.7 Å². The summed E-state index contributed by atoms with van der Waals surface area (Å²) < 4.78 is 28.3. The van der Waals surface area contributed by atoms with Crippen molar-refractivity contribution in [3.05, 3.63) is 41.0 Å². The van der Waals surface area contributed by atoms with Gasteiger partial charge in [0.25, 0.3) is 0 Å². The number of carbonyl (C=O) groups is 1. The molecule has 2 fully saturated rings. The number of methoxy groups -OCH3 is 2. The molecular formula is C31H40N2O7. The molecule has 2 saturated heterocycles. The van der Waals surface area contributed by atoms with Gasteiger partial charge in [-0.2, -0.15) is 0 Å². The zero-order chi connectivity index (χ0) is 27.8. The fourth-order valence-electron chi connectivity index (χ4n) is 7.11. The maximum Gasteiger partial charge on any atom is 0.310 e. The van der Waals surface area contributed by atoms with Crippen LogP contribution < -0.4 is 18.9 Å². The van der Waals surface area contributed by atoms with Crippen molar-refractivity contribution in [3.8, 4) is 28.7 Å². The van der Waals surface area contributed by atoms with Gasteiger partial charge in [-0.1, -0.05) is 6.42 Å². The molecule has 3 aliphatic heterocycles. The number of aromatic hydroxyl groups is 1. The molecule has 0 saturated carbocycles. The molecule has 4 atom stereocenters. The third kappa shape index (κ3) is 4.94. The molecule has 6 rings (SSSR count). The maximum atomic E-state index is 13.4. The van der Waals surface area contributed by atoms with E-state index in [1.54, 1.807) is 12.1 Å². The number of nitrogens with zero attached hydrogens (tertiary/aromatic N) is 2. The number of likely N-dealkylation sites (tertiary alicyclic amines) is 1. The van der Waals surface area contributed by atoms with Gasteiger partial charge in [0.1, 0.15) is 0 Å². The van der Waals surface area contributed by atoms with E-state index < -0.39 is 0 Å². The molecule has 0 spiro atoms. The van der Waals surface area contributed by atoms with E-state index in [1.165, 1.54) is 52.1 Å². The molecule has 40 heavy (non-hydrogen) atoms. The number of ether oxygens (including phenoxy) is 5. The highest BCUT2D eigenvalue weighted by atomic mass is 16.7. The van der Waals surface area contributed by atoms with Crippen LogP contribution >= 0.6 is 0 Å². The van der Waals surface area contributed by atoms with E-state index in [0.717, 1.165) is 42.9 Å². The number of rotatable bonds is 9. The van der Waals surface area contributed by atoms with Crippen molar-refractivity contribution < 1.29 is 33.6 Å². The molecule has 2 aromatic rings. The monoisotopic (exact) mass is 552 g/mol. The Balaban J connectivity index is 1.34. The van der Waals surface area contributed by atoms with Crippen LogP contribution in [0.15, 0.2) is 24.3 Å². The van der Waals surface area contributed by atoms with Crippen LogP contribution in [0.1, 0.15) is 54.2 Å². The van der Waals surface area contributed by atoms with Gasteiger partial charge in [0.05, 0.1) is 26.7 Å². The molecule has 216 valence electrons. The van der Waals surface area contributed by atoms with Gasteiger partial charge in [0, 0.05) is 24.9 Å². The van der Waals surface area contributed by atoms with Crippen LogP contribution in [-0.4, -0.2) is 88.3 Å². The predicted molar refractivity (Wildman–Crippen MR) is 149 cm³/mol. The molecule has 1 unspecified atom stereocenters. The highest BCUT2D eigenvalue weighted by molar-refractivity contribution is 5.79. The minimum absolute atomic E-state index is 0.0201. The van der Waals surface area contributed by atoms with Crippen molar-refractivity contribution in [1.29, 1.82) is 0 Å². The average molecular weight is 553 g/mol. The first kappa shape index (κ1) is 27.0. The van der Waals surface area contributed by atoms with Crippen molar-refractivity contribution in [1.82, 2.24) is 9.80 Å². The number of likely N-dealkylation sites (N-methyl/N-ethyl adjacent to an activating group) is 1. The predicted octanol–water partition coefficient (Wildman–Crippen LogP) is 3.96. The molecule has 0 bridgehead atoms. The van der Waals surface area contributed by atoms with Crippen molar-refractivity contribution in [2.45, 2.75) is 37.5 Å². The summed E-state index contributed by atoms with van der Waals surface area (Å²) >= 11 is 0.